The molecule has 22 heavy (non-hydrogen) atoms. The fraction of sp³-hybridized carbons (Fsp3) is 0.316. The molecule has 3 heteroatoms. The molecule has 0 saturated carbocycles. The maximum atomic E-state index is 11.9. The normalized spacial score (nSPS) is 11.9. The van der Waals surface area contributed by atoms with Gasteiger partial charge in [0.05, 0.1) is 6.54 Å². The van der Waals surface area contributed by atoms with Gasteiger partial charge in [-0.25, -0.2) is 0 Å². The minimum absolute atomic E-state index is 0.0466. The smallest absolute Gasteiger partial charge is 0.233 e. The maximum Gasteiger partial charge on any atom is 0.233 e. The van der Waals surface area contributed by atoms with Crippen LogP contribution in [0, 0.1) is 0 Å². The predicted molar refractivity (Wildman–Crippen MR) is 90.6 cm³/mol. The van der Waals surface area contributed by atoms with Crippen LogP contribution >= 0.6 is 0 Å². The summed E-state index contributed by atoms with van der Waals surface area (Å²) >= 11 is 0. The van der Waals surface area contributed by atoms with Gasteiger partial charge in [0.15, 0.2) is 0 Å². The van der Waals surface area contributed by atoms with Crippen LogP contribution in [0.15, 0.2) is 60.7 Å². The third kappa shape index (κ3) is 5.34. The molecule has 0 bridgehead atoms. The van der Waals surface area contributed by atoms with Crippen LogP contribution in [-0.4, -0.2) is 19.0 Å². The molecule has 0 radical (unpaired) electrons. The van der Waals surface area contributed by atoms with E-state index in [1.165, 1.54) is 11.1 Å². The summed E-state index contributed by atoms with van der Waals surface area (Å²) in [7, 11) is 0. The lowest BCUT2D eigenvalue weighted by molar-refractivity contribution is -0.120. The second-order valence-corrected chi connectivity index (χ2v) is 5.34. The standard InChI is InChI=1S/C19H24N2O/c1-2-18(17-11-7-4-8-12-17)21-15-19(22)20-14-13-16-9-5-3-6-10-16/h3-12,18,21H,2,13-15H2,1H3,(H,20,22). The molecule has 1 unspecified atom stereocenters. The fourth-order valence-corrected chi connectivity index (χ4v) is 2.45. The van der Waals surface area contributed by atoms with E-state index in [2.05, 4.69) is 41.8 Å². The third-order valence-corrected chi connectivity index (χ3v) is 3.70. The van der Waals surface area contributed by atoms with Crippen molar-refractivity contribution in [2.45, 2.75) is 25.8 Å². The van der Waals surface area contributed by atoms with Gasteiger partial charge in [-0.15, -0.1) is 0 Å². The van der Waals surface area contributed by atoms with Gasteiger partial charge >= 0.3 is 0 Å². The predicted octanol–water partition coefficient (Wildman–Crippen LogP) is 3.09. The first kappa shape index (κ1) is 16.2. The van der Waals surface area contributed by atoms with Gasteiger partial charge in [0, 0.05) is 12.6 Å². The number of carbonyl (C=O) groups excluding carboxylic acids is 1. The van der Waals surface area contributed by atoms with E-state index in [9.17, 15) is 4.79 Å². The Morgan fingerprint density at radius 3 is 2.27 bits per heavy atom. The highest BCUT2D eigenvalue weighted by Crippen LogP contribution is 2.15. The number of rotatable bonds is 8. The zero-order chi connectivity index (χ0) is 15.6. The third-order valence-electron chi connectivity index (χ3n) is 3.70. The van der Waals surface area contributed by atoms with Gasteiger partial charge in [-0.05, 0) is 24.0 Å². The summed E-state index contributed by atoms with van der Waals surface area (Å²) in [6.07, 6.45) is 1.82. The van der Waals surface area contributed by atoms with Crippen LogP contribution in [-0.2, 0) is 11.2 Å². The van der Waals surface area contributed by atoms with Crippen molar-refractivity contribution in [1.29, 1.82) is 0 Å². The van der Waals surface area contributed by atoms with Crippen LogP contribution in [0.4, 0.5) is 0 Å². The highest BCUT2D eigenvalue weighted by atomic mass is 16.1. The molecule has 0 aromatic heterocycles. The van der Waals surface area contributed by atoms with E-state index < -0.39 is 0 Å². The molecule has 0 spiro atoms. The Hall–Kier alpha value is -2.13. The molecule has 2 N–H and O–H groups in total. The highest BCUT2D eigenvalue weighted by molar-refractivity contribution is 5.78. The summed E-state index contributed by atoms with van der Waals surface area (Å²) in [6.45, 7) is 3.15. The summed E-state index contributed by atoms with van der Waals surface area (Å²) in [6, 6.07) is 20.7. The highest BCUT2D eigenvalue weighted by Gasteiger charge is 2.09. The van der Waals surface area contributed by atoms with Gasteiger partial charge in [-0.1, -0.05) is 67.6 Å². The van der Waals surface area contributed by atoms with Crippen LogP contribution in [0.1, 0.15) is 30.5 Å². The van der Waals surface area contributed by atoms with Crippen molar-refractivity contribution < 1.29 is 4.79 Å². The molecule has 2 aromatic carbocycles. The minimum atomic E-state index is 0.0466. The summed E-state index contributed by atoms with van der Waals surface area (Å²) in [5.41, 5.74) is 2.47. The van der Waals surface area contributed by atoms with Crippen molar-refractivity contribution in [3.63, 3.8) is 0 Å². The van der Waals surface area contributed by atoms with E-state index in [1.54, 1.807) is 0 Å². The van der Waals surface area contributed by atoms with Gasteiger partial charge in [-0.3, -0.25) is 4.79 Å². The van der Waals surface area contributed by atoms with E-state index in [0.717, 1.165) is 12.8 Å². The molecule has 2 rings (SSSR count). The zero-order valence-electron chi connectivity index (χ0n) is 13.1. The maximum absolute atomic E-state index is 11.9. The first-order valence-electron chi connectivity index (χ1n) is 7.88. The van der Waals surface area contributed by atoms with E-state index in [0.29, 0.717) is 13.1 Å². The van der Waals surface area contributed by atoms with Crippen molar-refractivity contribution in [3.8, 4) is 0 Å². The van der Waals surface area contributed by atoms with Crippen LogP contribution in [0.5, 0.6) is 0 Å². The molecular formula is C19H24N2O. The number of hydrogen-bond acceptors (Lipinski definition) is 2. The molecule has 1 amide bonds. The minimum Gasteiger partial charge on any atom is -0.355 e. The second kappa shape index (κ2) is 9.00. The topological polar surface area (TPSA) is 41.1 Å². The van der Waals surface area contributed by atoms with Crippen LogP contribution in [0.25, 0.3) is 0 Å². The van der Waals surface area contributed by atoms with Crippen molar-refractivity contribution in [2.75, 3.05) is 13.1 Å². The summed E-state index contributed by atoms with van der Waals surface area (Å²) < 4.78 is 0. The second-order valence-electron chi connectivity index (χ2n) is 5.34. The molecule has 0 aliphatic carbocycles. The van der Waals surface area contributed by atoms with Crippen molar-refractivity contribution in [2.24, 2.45) is 0 Å². The monoisotopic (exact) mass is 296 g/mol. The number of carbonyl (C=O) groups is 1. The Balaban J connectivity index is 1.70. The molecule has 0 saturated heterocycles. The Morgan fingerprint density at radius 1 is 1.00 bits per heavy atom. The lowest BCUT2D eigenvalue weighted by Gasteiger charge is -2.17. The molecule has 1 atom stereocenters. The molecule has 0 heterocycles. The molecule has 0 fully saturated rings. The fourth-order valence-electron chi connectivity index (χ4n) is 2.45. The SMILES string of the molecule is CCC(NCC(=O)NCCc1ccccc1)c1ccccc1. The van der Waals surface area contributed by atoms with Crippen LogP contribution in [0.3, 0.4) is 0 Å². The number of nitrogens with one attached hydrogen (secondary N) is 2. The first-order valence-corrected chi connectivity index (χ1v) is 7.88. The number of amides is 1. The molecular weight excluding hydrogens is 272 g/mol. The Bertz CT molecular complexity index is 554. The van der Waals surface area contributed by atoms with Crippen molar-refractivity contribution in [3.05, 3.63) is 71.8 Å². The van der Waals surface area contributed by atoms with Gasteiger partial charge in [0.1, 0.15) is 0 Å². The molecule has 3 nitrogen and oxygen atoms in total. The Kier molecular flexibility index (Phi) is 6.65. The molecule has 0 aliphatic heterocycles. The average Bonchev–Trinajstić information content (AvgIpc) is 2.57. The van der Waals surface area contributed by atoms with E-state index >= 15 is 0 Å². The number of hydrogen-bond donors (Lipinski definition) is 2. The number of benzene rings is 2. The Labute approximate surface area is 132 Å². The lowest BCUT2D eigenvalue weighted by atomic mass is 10.0. The zero-order valence-corrected chi connectivity index (χ0v) is 13.1. The van der Waals surface area contributed by atoms with E-state index in [-0.39, 0.29) is 11.9 Å². The molecule has 2 aromatic rings. The van der Waals surface area contributed by atoms with Crippen molar-refractivity contribution in [1.82, 2.24) is 10.6 Å². The quantitative estimate of drug-likeness (QED) is 0.786. The molecule has 0 aliphatic rings. The average molecular weight is 296 g/mol. The van der Waals surface area contributed by atoms with Crippen molar-refractivity contribution >= 4 is 5.91 Å². The summed E-state index contributed by atoms with van der Waals surface area (Å²) in [5.74, 6) is 0.0466. The van der Waals surface area contributed by atoms with Gasteiger partial charge < -0.3 is 10.6 Å². The van der Waals surface area contributed by atoms with Gasteiger partial charge in [0.2, 0.25) is 5.91 Å². The summed E-state index contributed by atoms with van der Waals surface area (Å²) in [5, 5.41) is 6.28. The lowest BCUT2D eigenvalue weighted by Crippen LogP contribution is -2.36. The van der Waals surface area contributed by atoms with E-state index in [1.807, 2.05) is 36.4 Å². The van der Waals surface area contributed by atoms with Crippen LogP contribution < -0.4 is 10.6 Å². The summed E-state index contributed by atoms with van der Waals surface area (Å²) in [4.78, 5) is 11.9. The molecule has 116 valence electrons. The Morgan fingerprint density at radius 2 is 1.64 bits per heavy atom. The largest absolute Gasteiger partial charge is 0.355 e. The van der Waals surface area contributed by atoms with Gasteiger partial charge in [-0.2, -0.15) is 0 Å². The first-order chi connectivity index (χ1) is 10.8. The van der Waals surface area contributed by atoms with Crippen LogP contribution in [0.2, 0.25) is 0 Å². The van der Waals surface area contributed by atoms with Gasteiger partial charge in [0.25, 0.3) is 0 Å². The van der Waals surface area contributed by atoms with E-state index in [4.69, 9.17) is 0 Å².